The average molecular weight is 574 g/mol. The molecule has 4 aromatic rings. The van der Waals surface area contributed by atoms with Gasteiger partial charge in [-0.25, -0.2) is 29.3 Å². The van der Waals surface area contributed by atoms with Crippen LogP contribution in [0.1, 0.15) is 12.0 Å². The normalized spacial score (nSPS) is 16.5. The SMILES string of the molecule is C=CC(=O)N[C@H]1CCN(c2ccc3ncnc(Nc4ccc(Oc5ccc(NC)c(N=N)c5)c(C)c4F)c3n2)C[C@H]1F. The lowest BCUT2D eigenvalue weighted by molar-refractivity contribution is -0.117. The molecule has 0 bridgehead atoms. The number of anilines is 4. The van der Waals surface area contributed by atoms with Crippen molar-refractivity contribution >= 4 is 45.6 Å². The fourth-order valence-corrected chi connectivity index (χ4v) is 4.72. The summed E-state index contributed by atoms with van der Waals surface area (Å²) in [6, 6.07) is 11.1. The Morgan fingerprint density at radius 3 is 2.76 bits per heavy atom. The minimum atomic E-state index is -1.29. The number of amides is 1. The third-order valence-electron chi connectivity index (χ3n) is 7.02. The minimum Gasteiger partial charge on any atom is -0.457 e. The monoisotopic (exact) mass is 573 g/mol. The van der Waals surface area contributed by atoms with E-state index in [1.165, 1.54) is 12.4 Å². The van der Waals surface area contributed by atoms with Gasteiger partial charge in [-0.1, -0.05) is 6.58 Å². The lowest BCUT2D eigenvalue weighted by Crippen LogP contribution is -2.52. The van der Waals surface area contributed by atoms with E-state index in [-0.39, 0.29) is 23.6 Å². The van der Waals surface area contributed by atoms with Crippen LogP contribution < -0.4 is 25.6 Å². The van der Waals surface area contributed by atoms with E-state index in [1.54, 1.807) is 55.3 Å². The first-order chi connectivity index (χ1) is 20.3. The molecule has 1 saturated heterocycles. The van der Waals surface area contributed by atoms with Crippen LogP contribution in [-0.4, -0.2) is 53.2 Å². The molecule has 0 unspecified atom stereocenters. The third kappa shape index (κ3) is 5.80. The molecule has 3 heterocycles. The van der Waals surface area contributed by atoms with E-state index < -0.39 is 23.9 Å². The van der Waals surface area contributed by atoms with Crippen molar-refractivity contribution in [3.8, 4) is 11.5 Å². The van der Waals surface area contributed by atoms with E-state index in [9.17, 15) is 9.18 Å². The van der Waals surface area contributed by atoms with E-state index in [0.717, 1.165) is 6.08 Å². The number of halogens is 2. The van der Waals surface area contributed by atoms with Crippen molar-refractivity contribution in [3.63, 3.8) is 0 Å². The van der Waals surface area contributed by atoms with Crippen LogP contribution in [0.4, 0.5) is 37.5 Å². The van der Waals surface area contributed by atoms with E-state index >= 15 is 4.39 Å². The van der Waals surface area contributed by atoms with E-state index in [4.69, 9.17) is 10.3 Å². The molecule has 11 nitrogen and oxygen atoms in total. The summed E-state index contributed by atoms with van der Waals surface area (Å²) < 4.78 is 36.3. The number of ether oxygens (including phenoxy) is 1. The first-order valence-corrected chi connectivity index (χ1v) is 13.2. The number of fused-ring (bicyclic) bond motifs is 1. The fraction of sp³-hybridized carbons (Fsp3) is 0.241. The van der Waals surface area contributed by atoms with Gasteiger partial charge in [0.25, 0.3) is 0 Å². The molecule has 42 heavy (non-hydrogen) atoms. The molecule has 216 valence electrons. The van der Waals surface area contributed by atoms with Gasteiger partial charge in [-0.15, -0.1) is 0 Å². The van der Waals surface area contributed by atoms with E-state index in [2.05, 4.69) is 42.6 Å². The highest BCUT2D eigenvalue weighted by Crippen LogP contribution is 2.36. The Kier molecular flexibility index (Phi) is 8.18. The average Bonchev–Trinajstić information content (AvgIpc) is 3.01. The van der Waals surface area contributed by atoms with Gasteiger partial charge in [-0.3, -0.25) is 4.79 Å². The molecule has 1 aliphatic heterocycles. The fourth-order valence-electron chi connectivity index (χ4n) is 4.72. The highest BCUT2D eigenvalue weighted by molar-refractivity contribution is 5.88. The first kappa shape index (κ1) is 28.3. The molecule has 1 aliphatic rings. The number of carbonyl (C=O) groups excluding carboxylic acids is 1. The quantitative estimate of drug-likeness (QED) is 0.143. The highest BCUT2D eigenvalue weighted by Gasteiger charge is 2.30. The zero-order valence-corrected chi connectivity index (χ0v) is 23.0. The van der Waals surface area contributed by atoms with Crippen molar-refractivity contribution in [2.24, 2.45) is 5.11 Å². The van der Waals surface area contributed by atoms with E-state index in [1.807, 2.05) is 0 Å². The van der Waals surface area contributed by atoms with E-state index in [0.29, 0.717) is 52.7 Å². The summed E-state index contributed by atoms with van der Waals surface area (Å²) in [4.78, 5) is 26.6. The Balaban J connectivity index is 1.37. The summed E-state index contributed by atoms with van der Waals surface area (Å²) in [7, 11) is 1.72. The summed E-state index contributed by atoms with van der Waals surface area (Å²) in [6.45, 7) is 5.52. The second kappa shape index (κ2) is 12.1. The molecule has 0 saturated carbocycles. The molecule has 4 N–H and O–H groups in total. The number of nitrogens with one attached hydrogen (secondary N) is 4. The van der Waals surface area contributed by atoms with Crippen LogP contribution in [0.5, 0.6) is 11.5 Å². The zero-order valence-electron chi connectivity index (χ0n) is 23.0. The molecule has 13 heteroatoms. The molecule has 1 amide bonds. The lowest BCUT2D eigenvalue weighted by Gasteiger charge is -2.35. The van der Waals surface area contributed by atoms with Crippen LogP contribution in [0, 0.1) is 18.3 Å². The maximum atomic E-state index is 15.5. The number of hydrogen-bond acceptors (Lipinski definition) is 10. The predicted molar refractivity (Wildman–Crippen MR) is 156 cm³/mol. The molecular formula is C29H29F2N9O2. The van der Waals surface area contributed by atoms with Crippen LogP contribution in [0.15, 0.2) is 66.6 Å². The van der Waals surface area contributed by atoms with Crippen LogP contribution in [0.2, 0.25) is 0 Å². The number of piperidine rings is 1. The van der Waals surface area contributed by atoms with Crippen molar-refractivity contribution < 1.29 is 18.3 Å². The predicted octanol–water partition coefficient (Wildman–Crippen LogP) is 5.93. The van der Waals surface area contributed by atoms with Crippen molar-refractivity contribution in [3.05, 3.63) is 72.8 Å². The van der Waals surface area contributed by atoms with Crippen molar-refractivity contribution in [2.45, 2.75) is 25.6 Å². The largest absolute Gasteiger partial charge is 0.457 e. The summed E-state index contributed by atoms with van der Waals surface area (Å²) in [5, 5.41) is 12.1. The van der Waals surface area contributed by atoms with Gasteiger partial charge in [-0.05, 0) is 55.8 Å². The number of rotatable bonds is 9. The van der Waals surface area contributed by atoms with Gasteiger partial charge in [0.2, 0.25) is 5.91 Å². The number of pyridine rings is 1. The zero-order chi connectivity index (χ0) is 29.8. The molecule has 0 spiro atoms. The molecular weight excluding hydrogens is 544 g/mol. The van der Waals surface area contributed by atoms with Crippen molar-refractivity contribution in [2.75, 3.05) is 35.7 Å². The van der Waals surface area contributed by atoms with Gasteiger partial charge < -0.3 is 25.6 Å². The van der Waals surface area contributed by atoms with Crippen LogP contribution in [0.3, 0.4) is 0 Å². The Labute approximate surface area is 240 Å². The van der Waals surface area contributed by atoms with Gasteiger partial charge in [0.1, 0.15) is 41.0 Å². The Bertz CT molecular complexity index is 1670. The summed E-state index contributed by atoms with van der Waals surface area (Å²) in [5.74, 6) is 0.545. The number of carbonyl (C=O) groups is 1. The number of alkyl halides is 1. The second-order valence-corrected chi connectivity index (χ2v) is 9.65. The topological polar surface area (TPSA) is 141 Å². The van der Waals surface area contributed by atoms with Gasteiger partial charge in [-0.2, -0.15) is 5.11 Å². The number of nitrogens with zero attached hydrogens (tertiary/aromatic N) is 5. The van der Waals surface area contributed by atoms with Crippen LogP contribution in [-0.2, 0) is 4.79 Å². The molecule has 1 fully saturated rings. The van der Waals surface area contributed by atoms with Crippen LogP contribution in [0.25, 0.3) is 11.0 Å². The smallest absolute Gasteiger partial charge is 0.243 e. The van der Waals surface area contributed by atoms with Gasteiger partial charge in [0, 0.05) is 25.2 Å². The van der Waals surface area contributed by atoms with Gasteiger partial charge >= 0.3 is 0 Å². The maximum absolute atomic E-state index is 15.5. The number of aromatic nitrogens is 3. The molecule has 0 radical (unpaired) electrons. The Morgan fingerprint density at radius 2 is 2.02 bits per heavy atom. The molecule has 0 aliphatic carbocycles. The summed E-state index contributed by atoms with van der Waals surface area (Å²) in [5.41, 5.74) is 9.74. The Hall–Kier alpha value is -5.20. The first-order valence-electron chi connectivity index (χ1n) is 13.2. The second-order valence-electron chi connectivity index (χ2n) is 9.65. The molecule has 5 rings (SSSR count). The summed E-state index contributed by atoms with van der Waals surface area (Å²) in [6.07, 6.45) is 1.58. The van der Waals surface area contributed by atoms with Gasteiger partial charge in [0.15, 0.2) is 11.6 Å². The third-order valence-corrected chi connectivity index (χ3v) is 7.02. The molecule has 2 atom stereocenters. The van der Waals surface area contributed by atoms with Crippen molar-refractivity contribution in [1.29, 1.82) is 5.53 Å². The standard InChI is InChI=1S/C29H29F2N9O2/c1-4-26(41)36-19-11-12-40(14-18(19)30)25-10-8-22-28(38-25)29(35-15-34-22)37-21-7-9-24(16(2)27(21)31)42-17-5-6-20(33-3)23(13-17)39-32/h4-10,13,15,18-19,32-33H,1,11-12,14H2,2-3H3,(H,36,41)(H,34,35,37)/t18-,19+/m1/s1. The Morgan fingerprint density at radius 1 is 1.21 bits per heavy atom. The van der Waals surface area contributed by atoms with Gasteiger partial charge in [0.05, 0.1) is 29.5 Å². The number of benzene rings is 2. The molecule has 2 aromatic heterocycles. The molecule has 2 aromatic carbocycles. The van der Waals surface area contributed by atoms with Crippen molar-refractivity contribution in [1.82, 2.24) is 20.3 Å². The van der Waals surface area contributed by atoms with Crippen LogP contribution >= 0.6 is 0 Å². The summed E-state index contributed by atoms with van der Waals surface area (Å²) >= 11 is 0. The number of hydrogen-bond donors (Lipinski definition) is 4. The minimum absolute atomic E-state index is 0.0431. The highest BCUT2D eigenvalue weighted by atomic mass is 19.1. The maximum Gasteiger partial charge on any atom is 0.243 e. The lowest BCUT2D eigenvalue weighted by atomic mass is 10.0.